The van der Waals surface area contributed by atoms with Crippen LogP contribution in [0.3, 0.4) is 0 Å². The van der Waals surface area contributed by atoms with Crippen LogP contribution in [0.25, 0.3) is 0 Å². The van der Waals surface area contributed by atoms with E-state index in [-0.39, 0.29) is 12.5 Å². The fourth-order valence-corrected chi connectivity index (χ4v) is 3.64. The molecule has 1 aliphatic rings. The van der Waals surface area contributed by atoms with E-state index in [2.05, 4.69) is 5.32 Å². The van der Waals surface area contributed by atoms with Gasteiger partial charge in [0.25, 0.3) is 0 Å². The number of carbonyl (C=O) groups excluding carboxylic acids is 1. The lowest BCUT2D eigenvalue weighted by Crippen LogP contribution is -2.40. The van der Waals surface area contributed by atoms with E-state index in [1.165, 1.54) is 12.8 Å². The lowest BCUT2D eigenvalue weighted by Gasteiger charge is -2.21. The fraction of sp³-hybridized carbons (Fsp3) is 0.588. The van der Waals surface area contributed by atoms with Crippen LogP contribution in [-0.2, 0) is 19.6 Å². The molecule has 134 valence electrons. The molecule has 1 aromatic rings. The SMILES string of the molecule is CS(=O)(=O)N(CC(=O)NCCCOC1CCCC1)c1ccccc1. The molecule has 1 N–H and O–H groups in total. The average Bonchev–Trinajstić information content (AvgIpc) is 3.05. The third-order valence-electron chi connectivity index (χ3n) is 4.03. The van der Waals surface area contributed by atoms with Gasteiger partial charge in [-0.3, -0.25) is 9.10 Å². The van der Waals surface area contributed by atoms with Crippen molar-refractivity contribution >= 4 is 21.6 Å². The van der Waals surface area contributed by atoms with Gasteiger partial charge in [-0.15, -0.1) is 0 Å². The van der Waals surface area contributed by atoms with Gasteiger partial charge in [0.05, 0.1) is 18.0 Å². The van der Waals surface area contributed by atoms with Crippen LogP contribution < -0.4 is 9.62 Å². The monoisotopic (exact) mass is 354 g/mol. The van der Waals surface area contributed by atoms with Gasteiger partial charge in [-0.05, 0) is 31.4 Å². The quantitative estimate of drug-likeness (QED) is 0.688. The first kappa shape index (κ1) is 18.7. The highest BCUT2D eigenvalue weighted by molar-refractivity contribution is 7.92. The third-order valence-corrected chi connectivity index (χ3v) is 5.17. The molecule has 0 spiro atoms. The van der Waals surface area contributed by atoms with Crippen molar-refractivity contribution in [2.24, 2.45) is 0 Å². The lowest BCUT2D eigenvalue weighted by atomic mass is 10.3. The molecule has 0 unspecified atom stereocenters. The second-order valence-electron chi connectivity index (χ2n) is 6.09. The maximum absolute atomic E-state index is 12.0. The molecule has 0 radical (unpaired) electrons. The number of hydrogen-bond donors (Lipinski definition) is 1. The van der Waals surface area contributed by atoms with E-state index >= 15 is 0 Å². The number of nitrogens with zero attached hydrogens (tertiary/aromatic N) is 1. The summed E-state index contributed by atoms with van der Waals surface area (Å²) in [6.07, 6.45) is 6.94. The van der Waals surface area contributed by atoms with Crippen molar-refractivity contribution in [2.75, 3.05) is 30.3 Å². The van der Waals surface area contributed by atoms with Crippen LogP contribution in [0.15, 0.2) is 30.3 Å². The summed E-state index contributed by atoms with van der Waals surface area (Å²) in [5, 5.41) is 2.76. The number of anilines is 1. The van der Waals surface area contributed by atoms with E-state index in [9.17, 15) is 13.2 Å². The first-order chi connectivity index (χ1) is 11.5. The summed E-state index contributed by atoms with van der Waals surface area (Å²) in [5.41, 5.74) is 0.486. The molecule has 24 heavy (non-hydrogen) atoms. The van der Waals surface area contributed by atoms with Crippen LogP contribution in [0, 0.1) is 0 Å². The molecule has 1 aliphatic carbocycles. The molecule has 6 nitrogen and oxygen atoms in total. The van der Waals surface area contributed by atoms with Crippen molar-refractivity contribution in [2.45, 2.75) is 38.2 Å². The molecule has 0 heterocycles. The van der Waals surface area contributed by atoms with Crippen molar-refractivity contribution in [3.63, 3.8) is 0 Å². The molecule has 0 aliphatic heterocycles. The van der Waals surface area contributed by atoms with Crippen molar-refractivity contribution in [3.05, 3.63) is 30.3 Å². The Bertz CT molecular complexity index is 613. The predicted octanol–water partition coefficient (Wildman–Crippen LogP) is 1.92. The summed E-state index contributed by atoms with van der Waals surface area (Å²) in [6.45, 7) is 0.893. The molecule has 1 amide bonds. The zero-order chi connectivity index (χ0) is 17.4. The maximum atomic E-state index is 12.0. The van der Waals surface area contributed by atoms with E-state index in [4.69, 9.17) is 4.74 Å². The minimum absolute atomic E-state index is 0.216. The molecule has 1 saturated carbocycles. The van der Waals surface area contributed by atoms with Crippen LogP contribution >= 0.6 is 0 Å². The Morgan fingerprint density at radius 3 is 2.54 bits per heavy atom. The zero-order valence-electron chi connectivity index (χ0n) is 14.1. The normalized spacial score (nSPS) is 15.4. The topological polar surface area (TPSA) is 75.7 Å². The smallest absolute Gasteiger partial charge is 0.240 e. The summed E-state index contributed by atoms with van der Waals surface area (Å²) in [4.78, 5) is 12.0. The Balaban J connectivity index is 1.74. The summed E-state index contributed by atoms with van der Waals surface area (Å²) < 4.78 is 30.7. The summed E-state index contributed by atoms with van der Waals surface area (Å²) in [7, 11) is -3.51. The molecular formula is C17H26N2O4S. The predicted molar refractivity (Wildman–Crippen MR) is 94.5 cm³/mol. The van der Waals surface area contributed by atoms with E-state index in [1.54, 1.807) is 30.3 Å². The molecule has 0 atom stereocenters. The van der Waals surface area contributed by atoms with Gasteiger partial charge in [-0.1, -0.05) is 31.0 Å². The number of nitrogens with one attached hydrogen (secondary N) is 1. The number of benzene rings is 1. The maximum Gasteiger partial charge on any atom is 0.240 e. The zero-order valence-corrected chi connectivity index (χ0v) is 14.9. The molecule has 7 heteroatoms. The number of carbonyl (C=O) groups is 1. The molecule has 0 saturated heterocycles. The van der Waals surface area contributed by atoms with Gasteiger partial charge in [0.15, 0.2) is 0 Å². The van der Waals surface area contributed by atoms with Crippen molar-refractivity contribution < 1.29 is 17.9 Å². The Kier molecular flexibility index (Phi) is 7.05. The highest BCUT2D eigenvalue weighted by atomic mass is 32.2. The molecular weight excluding hydrogens is 328 g/mol. The van der Waals surface area contributed by atoms with Gasteiger partial charge in [0.2, 0.25) is 15.9 Å². The number of amides is 1. The second-order valence-corrected chi connectivity index (χ2v) is 7.99. The summed E-state index contributed by atoms with van der Waals surface area (Å²) in [6, 6.07) is 8.62. The van der Waals surface area contributed by atoms with Gasteiger partial charge in [-0.2, -0.15) is 0 Å². The van der Waals surface area contributed by atoms with Crippen molar-refractivity contribution in [1.29, 1.82) is 0 Å². The number of para-hydroxylation sites is 1. The first-order valence-corrected chi connectivity index (χ1v) is 10.2. The first-order valence-electron chi connectivity index (χ1n) is 8.38. The number of rotatable bonds is 9. The van der Waals surface area contributed by atoms with Gasteiger partial charge in [-0.25, -0.2) is 8.42 Å². The molecule has 1 fully saturated rings. The minimum Gasteiger partial charge on any atom is -0.378 e. The molecule has 2 rings (SSSR count). The minimum atomic E-state index is -3.51. The van der Waals surface area contributed by atoms with Gasteiger partial charge >= 0.3 is 0 Å². The summed E-state index contributed by atoms with van der Waals surface area (Å²) >= 11 is 0. The standard InChI is InChI=1S/C17H26N2O4S/c1-24(21,22)19(15-8-3-2-4-9-15)14-17(20)18-12-7-13-23-16-10-5-6-11-16/h2-4,8-9,16H,5-7,10-14H2,1H3,(H,18,20). The van der Waals surface area contributed by atoms with Crippen LogP contribution in [0.2, 0.25) is 0 Å². The lowest BCUT2D eigenvalue weighted by molar-refractivity contribution is -0.119. The largest absolute Gasteiger partial charge is 0.378 e. The average molecular weight is 354 g/mol. The second kappa shape index (κ2) is 9.03. The van der Waals surface area contributed by atoms with Gasteiger partial charge in [0.1, 0.15) is 6.54 Å². The molecule has 1 aromatic carbocycles. The Morgan fingerprint density at radius 1 is 1.25 bits per heavy atom. The molecule has 0 aromatic heterocycles. The highest BCUT2D eigenvalue weighted by Gasteiger charge is 2.20. The van der Waals surface area contributed by atoms with Gasteiger partial charge in [0, 0.05) is 13.2 Å². The molecule has 0 bridgehead atoms. The third kappa shape index (κ3) is 6.13. The van der Waals surface area contributed by atoms with Crippen LogP contribution in [-0.4, -0.2) is 46.4 Å². The van der Waals surface area contributed by atoms with Crippen LogP contribution in [0.1, 0.15) is 32.1 Å². The van der Waals surface area contributed by atoms with E-state index in [0.29, 0.717) is 24.9 Å². The van der Waals surface area contributed by atoms with Crippen LogP contribution in [0.5, 0.6) is 0 Å². The van der Waals surface area contributed by atoms with E-state index in [0.717, 1.165) is 29.8 Å². The Morgan fingerprint density at radius 2 is 1.92 bits per heavy atom. The number of sulfonamides is 1. The van der Waals surface area contributed by atoms with Crippen molar-refractivity contribution in [3.8, 4) is 0 Å². The number of ether oxygens (including phenoxy) is 1. The Hall–Kier alpha value is -1.60. The van der Waals surface area contributed by atoms with E-state index < -0.39 is 10.0 Å². The van der Waals surface area contributed by atoms with Gasteiger partial charge < -0.3 is 10.1 Å². The Labute approximate surface area is 144 Å². The van der Waals surface area contributed by atoms with Crippen LogP contribution in [0.4, 0.5) is 5.69 Å². The van der Waals surface area contributed by atoms with E-state index in [1.807, 2.05) is 0 Å². The summed E-state index contributed by atoms with van der Waals surface area (Å²) in [5.74, 6) is -0.315. The highest BCUT2D eigenvalue weighted by Crippen LogP contribution is 2.20. The number of hydrogen-bond acceptors (Lipinski definition) is 4. The van der Waals surface area contributed by atoms with Crippen molar-refractivity contribution in [1.82, 2.24) is 5.32 Å². The fourth-order valence-electron chi connectivity index (χ4n) is 2.79.